The van der Waals surface area contributed by atoms with E-state index in [4.69, 9.17) is 4.74 Å². The summed E-state index contributed by atoms with van der Waals surface area (Å²) in [4.78, 5) is 24.1. The minimum atomic E-state index is -0.167. The Morgan fingerprint density at radius 1 is 0.846 bits per heavy atom. The van der Waals surface area contributed by atoms with Gasteiger partial charge in [-0.25, -0.2) is 14.6 Å². The lowest BCUT2D eigenvalue weighted by Crippen LogP contribution is -2.38. The summed E-state index contributed by atoms with van der Waals surface area (Å²) in [7, 11) is 1.85. The van der Waals surface area contributed by atoms with Gasteiger partial charge in [0.25, 0.3) is 5.56 Å². The predicted molar refractivity (Wildman–Crippen MR) is 146 cm³/mol. The van der Waals surface area contributed by atoms with E-state index in [2.05, 4.69) is 30.2 Å². The lowest BCUT2D eigenvalue weighted by Gasteiger charge is -2.26. The molecule has 11 heteroatoms. The van der Waals surface area contributed by atoms with Crippen LogP contribution in [0, 0.1) is 0 Å². The smallest absolute Gasteiger partial charge is 0.267 e. The highest BCUT2D eigenvalue weighted by Gasteiger charge is 2.12. The average molecular weight is 524 g/mol. The zero-order chi connectivity index (χ0) is 26.6. The van der Waals surface area contributed by atoms with Crippen molar-refractivity contribution in [3.8, 4) is 33.8 Å². The number of ether oxygens (including phenoxy) is 1. The molecule has 198 valence electrons. The van der Waals surface area contributed by atoms with Gasteiger partial charge < -0.3 is 4.74 Å². The van der Waals surface area contributed by atoms with Crippen molar-refractivity contribution < 1.29 is 4.74 Å². The van der Waals surface area contributed by atoms with Crippen LogP contribution in [0.25, 0.3) is 33.8 Å². The minimum Gasteiger partial charge on any atom is -0.379 e. The monoisotopic (exact) mass is 523 g/mol. The van der Waals surface area contributed by atoms with Crippen molar-refractivity contribution in [2.24, 2.45) is 7.05 Å². The summed E-state index contributed by atoms with van der Waals surface area (Å²) in [5, 5.41) is 13.2. The first-order chi connectivity index (χ1) is 19.1. The lowest BCUT2D eigenvalue weighted by molar-refractivity contribution is 0.0360. The fourth-order valence-corrected chi connectivity index (χ4v) is 4.58. The number of rotatable bonds is 8. The van der Waals surface area contributed by atoms with Crippen LogP contribution in [0.5, 0.6) is 0 Å². The lowest BCUT2D eigenvalue weighted by atomic mass is 10.1. The maximum absolute atomic E-state index is 12.5. The Morgan fingerprint density at radius 2 is 1.67 bits per heavy atom. The number of benzene rings is 1. The Kier molecular flexibility index (Phi) is 7.07. The average Bonchev–Trinajstić information content (AvgIpc) is 3.63. The van der Waals surface area contributed by atoms with Crippen LogP contribution < -0.4 is 5.56 Å². The van der Waals surface area contributed by atoms with Gasteiger partial charge in [0.15, 0.2) is 5.82 Å². The molecule has 4 aromatic heterocycles. The van der Waals surface area contributed by atoms with Crippen LogP contribution in [0.4, 0.5) is 0 Å². The van der Waals surface area contributed by atoms with E-state index in [9.17, 15) is 4.79 Å². The second kappa shape index (κ2) is 11.1. The predicted octanol–water partition coefficient (Wildman–Crippen LogP) is 2.34. The third-order valence-electron chi connectivity index (χ3n) is 6.75. The summed E-state index contributed by atoms with van der Waals surface area (Å²) in [5.74, 6) is 0.615. The Labute approximate surface area is 225 Å². The molecule has 0 atom stereocenters. The molecule has 0 spiro atoms. The normalized spacial score (nSPS) is 14.1. The van der Waals surface area contributed by atoms with Gasteiger partial charge in [0.2, 0.25) is 0 Å². The van der Waals surface area contributed by atoms with Crippen LogP contribution in [0.15, 0.2) is 78.4 Å². The van der Waals surface area contributed by atoms with Crippen molar-refractivity contribution in [2.45, 2.75) is 13.1 Å². The van der Waals surface area contributed by atoms with Crippen LogP contribution in [-0.4, -0.2) is 77.1 Å². The summed E-state index contributed by atoms with van der Waals surface area (Å²) >= 11 is 0. The van der Waals surface area contributed by atoms with E-state index >= 15 is 0 Å². The second-order valence-corrected chi connectivity index (χ2v) is 9.56. The number of nitrogens with zero attached hydrogens (tertiary/aromatic N) is 9. The first-order valence-corrected chi connectivity index (χ1v) is 12.9. The van der Waals surface area contributed by atoms with E-state index in [1.165, 1.54) is 10.7 Å². The quantitative estimate of drug-likeness (QED) is 0.305. The largest absolute Gasteiger partial charge is 0.379 e. The van der Waals surface area contributed by atoms with Gasteiger partial charge in [-0.15, -0.1) is 0 Å². The molecule has 5 heterocycles. The number of hydrogen-bond donors (Lipinski definition) is 0. The Bertz CT molecular complexity index is 1610. The molecule has 1 aliphatic heterocycles. The highest BCUT2D eigenvalue weighted by atomic mass is 16.5. The van der Waals surface area contributed by atoms with E-state index < -0.39 is 0 Å². The van der Waals surface area contributed by atoms with Crippen molar-refractivity contribution in [1.82, 2.24) is 44.2 Å². The minimum absolute atomic E-state index is 0.167. The molecule has 1 aromatic carbocycles. The summed E-state index contributed by atoms with van der Waals surface area (Å²) in [5.41, 5.74) is 5.08. The van der Waals surface area contributed by atoms with E-state index in [-0.39, 0.29) is 5.56 Å². The van der Waals surface area contributed by atoms with Gasteiger partial charge in [-0.05, 0) is 17.7 Å². The fourth-order valence-electron chi connectivity index (χ4n) is 4.58. The number of hydrogen-bond acceptors (Lipinski definition) is 8. The molecule has 0 aliphatic carbocycles. The van der Waals surface area contributed by atoms with E-state index in [0.29, 0.717) is 18.1 Å². The topological polar surface area (TPSA) is 109 Å². The van der Waals surface area contributed by atoms with Crippen LogP contribution >= 0.6 is 0 Å². The van der Waals surface area contributed by atoms with Crippen molar-refractivity contribution in [3.63, 3.8) is 0 Å². The van der Waals surface area contributed by atoms with Crippen LogP contribution in [-0.2, 0) is 24.9 Å². The van der Waals surface area contributed by atoms with Crippen LogP contribution in [0.2, 0.25) is 0 Å². The molecule has 39 heavy (non-hydrogen) atoms. The van der Waals surface area contributed by atoms with Crippen molar-refractivity contribution in [1.29, 1.82) is 0 Å². The molecule has 0 unspecified atom stereocenters. The van der Waals surface area contributed by atoms with Crippen molar-refractivity contribution in [2.75, 3.05) is 32.8 Å². The fraction of sp³-hybridized carbons (Fsp3) is 0.286. The third kappa shape index (κ3) is 5.84. The first kappa shape index (κ1) is 24.8. The summed E-state index contributed by atoms with van der Waals surface area (Å²) in [6.07, 6.45) is 11.1. The van der Waals surface area contributed by atoms with Gasteiger partial charge in [0.1, 0.15) is 0 Å². The van der Waals surface area contributed by atoms with E-state index in [0.717, 1.165) is 67.2 Å². The first-order valence-electron chi connectivity index (χ1n) is 12.9. The molecular formula is C28H29N9O2. The highest BCUT2D eigenvalue weighted by Crippen LogP contribution is 2.21. The standard InChI is InChI=1S/C28H29N9O2/c1-34-19-25(17-31-34)26-5-6-27(38)37(33-26)18-21-3-2-4-22(13-21)28-29-14-23(15-30-28)24-16-32-36(20-24)8-7-35-9-11-39-12-10-35/h2-6,13-17,19-20H,7-12,18H2,1H3. The molecule has 6 rings (SSSR count). The van der Waals surface area contributed by atoms with Gasteiger partial charge in [0.05, 0.1) is 44.4 Å². The number of aromatic nitrogens is 8. The van der Waals surface area contributed by atoms with Gasteiger partial charge in [-0.3, -0.25) is 19.1 Å². The van der Waals surface area contributed by atoms with E-state index in [1.807, 2.05) is 67.0 Å². The summed E-state index contributed by atoms with van der Waals surface area (Å²) < 4.78 is 10.5. The van der Waals surface area contributed by atoms with Crippen LogP contribution in [0.3, 0.4) is 0 Å². The maximum atomic E-state index is 12.5. The zero-order valence-corrected chi connectivity index (χ0v) is 21.7. The second-order valence-electron chi connectivity index (χ2n) is 9.56. The van der Waals surface area contributed by atoms with Crippen molar-refractivity contribution >= 4 is 0 Å². The maximum Gasteiger partial charge on any atom is 0.267 e. The molecule has 0 saturated carbocycles. The molecule has 1 aliphatic rings. The Morgan fingerprint density at radius 3 is 2.46 bits per heavy atom. The van der Waals surface area contributed by atoms with Crippen molar-refractivity contribution in [3.05, 3.63) is 89.5 Å². The van der Waals surface area contributed by atoms with Gasteiger partial charge >= 0.3 is 0 Å². The van der Waals surface area contributed by atoms with E-state index in [1.54, 1.807) is 16.9 Å². The molecule has 1 fully saturated rings. The molecule has 0 N–H and O–H groups in total. The molecule has 1 saturated heterocycles. The highest BCUT2D eigenvalue weighted by molar-refractivity contribution is 5.62. The third-order valence-corrected chi connectivity index (χ3v) is 6.75. The molecule has 0 bridgehead atoms. The molecule has 5 aromatic rings. The molecule has 0 amide bonds. The Balaban J connectivity index is 1.14. The van der Waals surface area contributed by atoms with Gasteiger partial charge in [0, 0.05) is 79.8 Å². The molecule has 0 radical (unpaired) electrons. The van der Waals surface area contributed by atoms with Gasteiger partial charge in [-0.1, -0.05) is 18.2 Å². The Hall–Kier alpha value is -4.48. The molecule has 11 nitrogen and oxygen atoms in total. The summed E-state index contributed by atoms with van der Waals surface area (Å²) in [6.45, 7) is 5.64. The zero-order valence-electron chi connectivity index (χ0n) is 21.7. The summed E-state index contributed by atoms with van der Waals surface area (Å²) in [6, 6.07) is 11.1. The van der Waals surface area contributed by atoms with Gasteiger partial charge in [-0.2, -0.15) is 15.3 Å². The SMILES string of the molecule is Cn1cc(-c2ccc(=O)n(Cc3cccc(-c4ncc(-c5cnn(CCN6CCOCC6)c5)cn4)c3)n2)cn1. The molecular weight excluding hydrogens is 494 g/mol. The number of aryl methyl sites for hydroxylation is 1. The van der Waals surface area contributed by atoms with Crippen LogP contribution in [0.1, 0.15) is 5.56 Å². The number of morpholine rings is 1.